The van der Waals surface area contributed by atoms with Crippen LogP contribution in [-0.2, 0) is 20.2 Å². The molecule has 0 N–H and O–H groups in total. The summed E-state index contributed by atoms with van der Waals surface area (Å²) in [5.41, 5.74) is 0. The van der Waals surface area contributed by atoms with Crippen molar-refractivity contribution in [2.75, 3.05) is 11.5 Å². The number of rotatable bonds is 9. The van der Waals surface area contributed by atoms with Gasteiger partial charge in [-0.1, -0.05) is 48.0 Å². The Morgan fingerprint density at radius 3 is 1.54 bits per heavy atom. The molecule has 130 valence electrons. The van der Waals surface area contributed by atoms with Gasteiger partial charge in [0.1, 0.15) is 11.5 Å². The van der Waals surface area contributed by atoms with Crippen molar-refractivity contribution in [3.63, 3.8) is 0 Å². The Labute approximate surface area is 147 Å². The van der Waals surface area contributed by atoms with Crippen LogP contribution >= 0.6 is 22.7 Å². The summed E-state index contributed by atoms with van der Waals surface area (Å²) < 4.78 is 56.8. The van der Waals surface area contributed by atoms with Gasteiger partial charge in [0.25, 0.3) is 10.4 Å². The molecule has 8 nitrogen and oxygen atoms in total. The molecule has 0 spiro atoms. The molecule has 12 heteroatoms. The van der Waals surface area contributed by atoms with Crippen molar-refractivity contribution in [1.82, 2.24) is 9.97 Å². The summed E-state index contributed by atoms with van der Waals surface area (Å²) in [5, 5.41) is -0.225. The molecule has 0 aromatic carbocycles. The van der Waals surface area contributed by atoms with E-state index in [0.29, 0.717) is 9.75 Å². The van der Waals surface area contributed by atoms with Crippen LogP contribution in [0.5, 0.6) is 10.4 Å². The van der Waals surface area contributed by atoms with E-state index >= 15 is 0 Å². The molecule has 0 radical (unpaired) electrons. The highest BCUT2D eigenvalue weighted by molar-refractivity contribution is 7.91. The highest BCUT2D eigenvalue weighted by Gasteiger charge is 2.23. The molecule has 0 aliphatic heterocycles. The Hall–Kier alpha value is -1.76. The van der Waals surface area contributed by atoms with E-state index in [1.807, 2.05) is 0 Å². The van der Waals surface area contributed by atoms with Crippen LogP contribution in [0.1, 0.15) is 9.75 Å². The predicted octanol–water partition coefficient (Wildman–Crippen LogP) is 2.00. The van der Waals surface area contributed by atoms with Crippen LogP contribution < -0.4 is 8.37 Å². The van der Waals surface area contributed by atoms with E-state index in [-0.39, 0.29) is 10.4 Å². The molecule has 0 aliphatic rings. The molecule has 2 aromatic heterocycles. The van der Waals surface area contributed by atoms with Crippen molar-refractivity contribution in [3.05, 3.63) is 35.3 Å². The van der Waals surface area contributed by atoms with Crippen molar-refractivity contribution in [3.8, 4) is 10.4 Å². The molecule has 0 saturated carbocycles. The molecule has 0 atom stereocenters. The Morgan fingerprint density at radius 2 is 1.25 bits per heavy atom. The molecule has 0 saturated heterocycles. The number of hydrogen-bond acceptors (Lipinski definition) is 10. The van der Waals surface area contributed by atoms with E-state index in [2.05, 4.69) is 23.1 Å². The average molecular weight is 409 g/mol. The lowest BCUT2D eigenvalue weighted by atomic mass is 10.6. The molecular formula is C12H12N2O6S4. The van der Waals surface area contributed by atoms with Crippen molar-refractivity contribution in [2.24, 2.45) is 0 Å². The SMILES string of the molecule is C=Cc1cnc(OS(=O)(=O)CCS(=O)(=O)Oc2ncc(C=C)s2)s1. The maximum atomic E-state index is 11.8. The summed E-state index contributed by atoms with van der Waals surface area (Å²) in [6, 6.07) is 0. The van der Waals surface area contributed by atoms with Crippen LogP contribution in [0.15, 0.2) is 25.6 Å². The molecule has 0 aliphatic carbocycles. The molecule has 2 rings (SSSR count). The molecule has 0 fully saturated rings. The van der Waals surface area contributed by atoms with Gasteiger partial charge >= 0.3 is 20.2 Å². The number of hydrogen-bond donors (Lipinski definition) is 0. The number of nitrogens with zero attached hydrogens (tertiary/aromatic N) is 2. The van der Waals surface area contributed by atoms with Gasteiger partial charge < -0.3 is 8.37 Å². The monoisotopic (exact) mass is 408 g/mol. The predicted molar refractivity (Wildman–Crippen MR) is 93.2 cm³/mol. The second-order valence-electron chi connectivity index (χ2n) is 4.16. The highest BCUT2D eigenvalue weighted by atomic mass is 32.2. The lowest BCUT2D eigenvalue weighted by molar-refractivity contribution is 0.474. The number of thiazole rings is 2. The molecule has 0 bridgehead atoms. The van der Waals surface area contributed by atoms with Gasteiger partial charge in [-0.05, 0) is 0 Å². The summed E-state index contributed by atoms with van der Waals surface area (Å²) >= 11 is 1.94. The quantitative estimate of drug-likeness (QED) is 0.579. The summed E-state index contributed by atoms with van der Waals surface area (Å²) in [4.78, 5) is 8.73. The van der Waals surface area contributed by atoms with Crippen LogP contribution in [0, 0.1) is 0 Å². The fourth-order valence-electron chi connectivity index (χ4n) is 1.31. The van der Waals surface area contributed by atoms with E-state index in [1.165, 1.54) is 24.5 Å². The average Bonchev–Trinajstić information content (AvgIpc) is 3.13. The van der Waals surface area contributed by atoms with Crippen LogP contribution in [0.25, 0.3) is 12.2 Å². The first-order valence-electron chi connectivity index (χ1n) is 6.24. The minimum absolute atomic E-state index is 0.112. The van der Waals surface area contributed by atoms with Gasteiger partial charge in [-0.15, -0.1) is 0 Å². The minimum Gasteiger partial charge on any atom is -0.351 e. The van der Waals surface area contributed by atoms with Crippen LogP contribution in [0.4, 0.5) is 0 Å². The third kappa shape index (κ3) is 5.40. The summed E-state index contributed by atoms with van der Waals surface area (Å²) in [7, 11) is -8.27. The lowest BCUT2D eigenvalue weighted by Gasteiger charge is -2.05. The van der Waals surface area contributed by atoms with E-state index in [4.69, 9.17) is 8.37 Å². The maximum absolute atomic E-state index is 11.8. The van der Waals surface area contributed by atoms with Gasteiger partial charge in [-0.25, -0.2) is 9.97 Å². The first-order chi connectivity index (χ1) is 11.2. The summed E-state index contributed by atoms with van der Waals surface area (Å²) in [6.45, 7) is 7.03. The van der Waals surface area contributed by atoms with Crippen LogP contribution in [0.2, 0.25) is 0 Å². The first-order valence-corrected chi connectivity index (χ1v) is 11.0. The van der Waals surface area contributed by atoms with Crippen molar-refractivity contribution >= 4 is 55.1 Å². The highest BCUT2D eigenvalue weighted by Crippen LogP contribution is 2.24. The third-order valence-electron chi connectivity index (χ3n) is 2.39. The maximum Gasteiger partial charge on any atom is 0.312 e. The lowest BCUT2D eigenvalue weighted by Crippen LogP contribution is -2.24. The second-order valence-corrected chi connectivity index (χ2v) is 9.59. The topological polar surface area (TPSA) is 113 Å². The molecular weight excluding hydrogens is 396 g/mol. The summed E-state index contributed by atoms with van der Waals surface area (Å²) in [6.07, 6.45) is 5.76. The molecule has 0 unspecified atom stereocenters. The van der Waals surface area contributed by atoms with E-state index < -0.39 is 31.7 Å². The van der Waals surface area contributed by atoms with Crippen molar-refractivity contribution in [1.29, 1.82) is 0 Å². The van der Waals surface area contributed by atoms with Crippen LogP contribution in [-0.4, -0.2) is 38.3 Å². The van der Waals surface area contributed by atoms with E-state index in [0.717, 1.165) is 22.7 Å². The van der Waals surface area contributed by atoms with Crippen molar-refractivity contribution < 1.29 is 25.2 Å². The van der Waals surface area contributed by atoms with Gasteiger partial charge in [-0.3, -0.25) is 0 Å². The van der Waals surface area contributed by atoms with Gasteiger partial charge in [0, 0.05) is 12.4 Å². The molecule has 24 heavy (non-hydrogen) atoms. The summed E-state index contributed by atoms with van der Waals surface area (Å²) in [5.74, 6) is -1.56. The smallest absolute Gasteiger partial charge is 0.312 e. The molecule has 2 heterocycles. The first kappa shape index (κ1) is 18.6. The van der Waals surface area contributed by atoms with E-state index in [9.17, 15) is 16.8 Å². The standard InChI is InChI=1S/C12H12N2O6S4/c1-3-9-7-13-11(21-9)19-23(15,16)5-6-24(17,18)20-12-14-8-10(4-2)22-12/h3-4,7-8H,1-2,5-6H2. The number of aromatic nitrogens is 2. The Bertz CT molecular complexity index is 864. The Morgan fingerprint density at radius 1 is 0.875 bits per heavy atom. The zero-order valence-corrected chi connectivity index (χ0v) is 15.4. The normalized spacial score (nSPS) is 11.8. The fourth-order valence-corrected chi connectivity index (χ4v) is 5.52. The fraction of sp³-hybridized carbons (Fsp3) is 0.167. The second kappa shape index (κ2) is 7.42. The van der Waals surface area contributed by atoms with Gasteiger partial charge in [0.05, 0.1) is 9.75 Å². The van der Waals surface area contributed by atoms with Gasteiger partial charge in [0.2, 0.25) is 0 Å². The Balaban J connectivity index is 1.96. The van der Waals surface area contributed by atoms with Gasteiger partial charge in [-0.2, -0.15) is 16.8 Å². The molecule has 0 amide bonds. The largest absolute Gasteiger partial charge is 0.351 e. The minimum atomic E-state index is -4.13. The third-order valence-corrected chi connectivity index (χ3v) is 6.83. The Kier molecular flexibility index (Phi) is 5.74. The van der Waals surface area contributed by atoms with Crippen LogP contribution in [0.3, 0.4) is 0 Å². The van der Waals surface area contributed by atoms with E-state index in [1.54, 1.807) is 0 Å². The van der Waals surface area contributed by atoms with Crippen molar-refractivity contribution in [2.45, 2.75) is 0 Å². The zero-order valence-electron chi connectivity index (χ0n) is 12.1. The zero-order chi connectivity index (χ0) is 17.8. The molecule has 2 aromatic rings. The van der Waals surface area contributed by atoms with Gasteiger partial charge in [0.15, 0.2) is 0 Å².